The van der Waals surface area contributed by atoms with Gasteiger partial charge in [-0.3, -0.25) is 4.79 Å². The summed E-state index contributed by atoms with van der Waals surface area (Å²) >= 11 is 1.71. The molecule has 1 saturated carbocycles. The number of amides is 1. The number of thiophene rings is 1. The Morgan fingerprint density at radius 3 is 2.75 bits per heavy atom. The number of carbonyl (C=O) groups excluding carboxylic acids is 1. The van der Waals surface area contributed by atoms with Crippen LogP contribution in [0.3, 0.4) is 0 Å². The SMILES string of the molecule is NC(=O)CC1CCCN(c2nc(C3CC3)nc3scc(-c4ccccc4)c23)C1. The second-order valence-electron chi connectivity index (χ2n) is 8.00. The van der Waals surface area contributed by atoms with Crippen LogP contribution < -0.4 is 10.6 Å². The Labute approximate surface area is 168 Å². The molecule has 1 atom stereocenters. The predicted octanol–water partition coefficient (Wildman–Crippen LogP) is 4.33. The summed E-state index contributed by atoms with van der Waals surface area (Å²) in [6.45, 7) is 1.80. The minimum atomic E-state index is -0.209. The highest BCUT2D eigenvalue weighted by atomic mass is 32.1. The number of nitrogens with zero attached hydrogens (tertiary/aromatic N) is 3. The summed E-state index contributed by atoms with van der Waals surface area (Å²) in [6, 6.07) is 10.5. The minimum Gasteiger partial charge on any atom is -0.370 e. The molecule has 5 rings (SSSR count). The Bertz CT molecular complexity index is 1010. The van der Waals surface area contributed by atoms with Crippen molar-refractivity contribution in [3.05, 3.63) is 41.5 Å². The molecule has 28 heavy (non-hydrogen) atoms. The predicted molar refractivity (Wildman–Crippen MR) is 114 cm³/mol. The lowest BCUT2D eigenvalue weighted by Crippen LogP contribution is -2.37. The van der Waals surface area contributed by atoms with E-state index in [1.54, 1.807) is 11.3 Å². The van der Waals surface area contributed by atoms with Crippen molar-refractivity contribution in [1.29, 1.82) is 0 Å². The van der Waals surface area contributed by atoms with Crippen LogP contribution in [0.25, 0.3) is 21.3 Å². The van der Waals surface area contributed by atoms with Crippen LogP contribution in [-0.4, -0.2) is 29.0 Å². The van der Waals surface area contributed by atoms with Crippen molar-refractivity contribution >= 4 is 33.3 Å². The molecule has 3 aromatic rings. The highest BCUT2D eigenvalue weighted by Crippen LogP contribution is 2.44. The fraction of sp³-hybridized carbons (Fsp3) is 0.409. The Kier molecular flexibility index (Phi) is 4.51. The summed E-state index contributed by atoms with van der Waals surface area (Å²) in [4.78, 5) is 24.9. The number of piperidine rings is 1. The zero-order chi connectivity index (χ0) is 19.1. The number of anilines is 1. The molecule has 2 aromatic heterocycles. The van der Waals surface area contributed by atoms with Gasteiger partial charge in [-0.05, 0) is 37.2 Å². The second kappa shape index (κ2) is 7.17. The van der Waals surface area contributed by atoms with Gasteiger partial charge in [0.2, 0.25) is 5.91 Å². The van der Waals surface area contributed by atoms with E-state index < -0.39 is 0 Å². The summed E-state index contributed by atoms with van der Waals surface area (Å²) in [5, 5.41) is 3.36. The topological polar surface area (TPSA) is 72.1 Å². The van der Waals surface area contributed by atoms with Gasteiger partial charge in [0.1, 0.15) is 16.5 Å². The van der Waals surface area contributed by atoms with E-state index in [4.69, 9.17) is 15.7 Å². The van der Waals surface area contributed by atoms with Crippen LogP contribution in [0.4, 0.5) is 5.82 Å². The van der Waals surface area contributed by atoms with Crippen molar-refractivity contribution in [3.63, 3.8) is 0 Å². The molecule has 144 valence electrons. The Balaban J connectivity index is 1.61. The molecule has 2 aliphatic rings. The third-order valence-corrected chi connectivity index (χ3v) is 6.64. The van der Waals surface area contributed by atoms with Gasteiger partial charge >= 0.3 is 0 Å². The standard InChI is InChI=1S/C22H24N4OS/c23-18(27)11-14-5-4-10-26(12-14)21-19-17(15-6-2-1-3-7-15)13-28-22(19)25-20(24-21)16-8-9-16/h1-3,6-7,13-14,16H,4-5,8-12H2,(H2,23,27). The number of rotatable bonds is 5. The van der Waals surface area contributed by atoms with Crippen LogP contribution >= 0.6 is 11.3 Å². The molecule has 1 unspecified atom stereocenters. The van der Waals surface area contributed by atoms with E-state index in [2.05, 4.69) is 34.5 Å². The maximum absolute atomic E-state index is 11.5. The molecule has 2 fully saturated rings. The largest absolute Gasteiger partial charge is 0.370 e. The average Bonchev–Trinajstić information content (AvgIpc) is 3.47. The number of carbonyl (C=O) groups is 1. The zero-order valence-corrected chi connectivity index (χ0v) is 16.6. The van der Waals surface area contributed by atoms with Crippen molar-refractivity contribution < 1.29 is 4.79 Å². The normalized spacial score (nSPS) is 19.9. The number of aromatic nitrogens is 2. The molecule has 1 amide bonds. The molecule has 6 heteroatoms. The van der Waals surface area contributed by atoms with Crippen LogP contribution in [0.1, 0.15) is 43.8 Å². The van der Waals surface area contributed by atoms with Crippen molar-refractivity contribution in [2.75, 3.05) is 18.0 Å². The molecule has 3 heterocycles. The van der Waals surface area contributed by atoms with Gasteiger partial charge in [0.05, 0.1) is 5.39 Å². The molecular formula is C22H24N4OS. The molecule has 1 saturated heterocycles. The molecular weight excluding hydrogens is 368 g/mol. The van der Waals surface area contributed by atoms with Crippen LogP contribution in [0.2, 0.25) is 0 Å². The molecule has 0 spiro atoms. The lowest BCUT2D eigenvalue weighted by atomic mass is 9.94. The fourth-order valence-corrected chi connectivity index (χ4v) is 5.18. The summed E-state index contributed by atoms with van der Waals surface area (Å²) in [7, 11) is 0. The number of hydrogen-bond acceptors (Lipinski definition) is 5. The van der Waals surface area contributed by atoms with Crippen molar-refractivity contribution in [1.82, 2.24) is 9.97 Å². The number of fused-ring (bicyclic) bond motifs is 1. The van der Waals surface area contributed by atoms with Gasteiger partial charge in [-0.2, -0.15) is 0 Å². The number of primary amides is 1. The summed E-state index contributed by atoms with van der Waals surface area (Å²) in [5.74, 6) is 2.64. The lowest BCUT2D eigenvalue weighted by molar-refractivity contribution is -0.118. The van der Waals surface area contributed by atoms with Crippen LogP contribution in [-0.2, 0) is 4.79 Å². The highest BCUT2D eigenvalue weighted by Gasteiger charge is 2.31. The van der Waals surface area contributed by atoms with E-state index in [0.717, 1.165) is 47.8 Å². The zero-order valence-electron chi connectivity index (χ0n) is 15.8. The average molecular weight is 393 g/mol. The van der Waals surface area contributed by atoms with Gasteiger partial charge in [-0.15, -0.1) is 11.3 Å². The van der Waals surface area contributed by atoms with Gasteiger partial charge in [0, 0.05) is 36.4 Å². The van der Waals surface area contributed by atoms with Crippen molar-refractivity contribution in [2.24, 2.45) is 11.7 Å². The third-order valence-electron chi connectivity index (χ3n) is 5.77. The first-order valence-corrected chi connectivity index (χ1v) is 10.9. The first-order valence-electron chi connectivity index (χ1n) is 10.1. The molecule has 2 N–H and O–H groups in total. The number of hydrogen-bond donors (Lipinski definition) is 1. The van der Waals surface area contributed by atoms with E-state index in [-0.39, 0.29) is 5.91 Å². The van der Waals surface area contributed by atoms with Crippen LogP contribution in [0.15, 0.2) is 35.7 Å². The summed E-state index contributed by atoms with van der Waals surface area (Å²) in [5.41, 5.74) is 7.87. The van der Waals surface area contributed by atoms with E-state index in [1.807, 2.05) is 6.07 Å². The molecule has 1 aliphatic heterocycles. The molecule has 1 aliphatic carbocycles. The van der Waals surface area contributed by atoms with Gasteiger partial charge in [-0.1, -0.05) is 30.3 Å². The van der Waals surface area contributed by atoms with Crippen LogP contribution in [0, 0.1) is 5.92 Å². The first kappa shape index (κ1) is 17.6. The third kappa shape index (κ3) is 3.37. The van der Waals surface area contributed by atoms with Gasteiger partial charge in [-0.25, -0.2) is 9.97 Å². The van der Waals surface area contributed by atoms with Crippen molar-refractivity contribution in [3.8, 4) is 11.1 Å². The second-order valence-corrected chi connectivity index (χ2v) is 8.86. The molecule has 0 radical (unpaired) electrons. The summed E-state index contributed by atoms with van der Waals surface area (Å²) in [6.07, 6.45) is 4.94. The maximum atomic E-state index is 11.5. The van der Waals surface area contributed by atoms with E-state index in [9.17, 15) is 4.79 Å². The van der Waals surface area contributed by atoms with Gasteiger partial charge in [0.15, 0.2) is 0 Å². The molecule has 0 bridgehead atoms. The highest BCUT2D eigenvalue weighted by molar-refractivity contribution is 7.17. The van der Waals surface area contributed by atoms with Gasteiger partial charge < -0.3 is 10.6 Å². The van der Waals surface area contributed by atoms with Crippen molar-refractivity contribution in [2.45, 2.75) is 38.0 Å². The Morgan fingerprint density at radius 1 is 1.18 bits per heavy atom. The van der Waals surface area contributed by atoms with Crippen LogP contribution in [0.5, 0.6) is 0 Å². The molecule has 1 aromatic carbocycles. The maximum Gasteiger partial charge on any atom is 0.217 e. The molecule has 5 nitrogen and oxygen atoms in total. The van der Waals surface area contributed by atoms with E-state index in [0.29, 0.717) is 18.3 Å². The fourth-order valence-electron chi connectivity index (χ4n) is 4.23. The number of benzene rings is 1. The van der Waals surface area contributed by atoms with E-state index in [1.165, 1.54) is 24.0 Å². The Hall–Kier alpha value is -2.47. The Morgan fingerprint density at radius 2 is 2.00 bits per heavy atom. The van der Waals surface area contributed by atoms with Gasteiger partial charge in [0.25, 0.3) is 0 Å². The van der Waals surface area contributed by atoms with E-state index >= 15 is 0 Å². The minimum absolute atomic E-state index is 0.209. The first-order chi connectivity index (χ1) is 13.7. The quantitative estimate of drug-likeness (QED) is 0.701. The smallest absolute Gasteiger partial charge is 0.217 e. The lowest BCUT2D eigenvalue weighted by Gasteiger charge is -2.34. The monoisotopic (exact) mass is 392 g/mol. The number of nitrogens with two attached hydrogens (primary N) is 1. The summed E-state index contributed by atoms with van der Waals surface area (Å²) < 4.78 is 0.